The van der Waals surface area contributed by atoms with Crippen molar-refractivity contribution in [1.82, 2.24) is 19.8 Å². The topological polar surface area (TPSA) is 32.3 Å². The first-order chi connectivity index (χ1) is 10.7. The normalized spacial score (nSPS) is 11.3. The van der Waals surface area contributed by atoms with Crippen LogP contribution in [0.15, 0.2) is 42.6 Å². The number of hydrogen-bond acceptors (Lipinski definition) is 4. The highest BCUT2D eigenvalue weighted by Crippen LogP contribution is 2.08. The summed E-state index contributed by atoms with van der Waals surface area (Å²) in [5, 5.41) is 0. The Hall–Kier alpha value is -1.78. The number of pyridine rings is 2. The Morgan fingerprint density at radius 3 is 2.27 bits per heavy atom. The lowest BCUT2D eigenvalue weighted by Gasteiger charge is -2.23. The van der Waals surface area contributed by atoms with Crippen molar-refractivity contribution in [2.75, 3.05) is 27.2 Å². The van der Waals surface area contributed by atoms with Gasteiger partial charge in [0.25, 0.3) is 0 Å². The maximum absolute atomic E-state index is 4.72. The molecule has 2 heterocycles. The second-order valence-electron chi connectivity index (χ2n) is 5.81. The minimum Gasteiger partial charge on any atom is -0.308 e. The van der Waals surface area contributed by atoms with Gasteiger partial charge < -0.3 is 4.90 Å². The number of aryl methyl sites for hydroxylation is 1. The van der Waals surface area contributed by atoms with Crippen molar-refractivity contribution < 1.29 is 0 Å². The van der Waals surface area contributed by atoms with Crippen LogP contribution in [0.2, 0.25) is 0 Å². The molecule has 22 heavy (non-hydrogen) atoms. The van der Waals surface area contributed by atoms with Gasteiger partial charge in [-0.15, -0.1) is 0 Å². The van der Waals surface area contributed by atoms with Crippen molar-refractivity contribution in [3.63, 3.8) is 0 Å². The summed E-state index contributed by atoms with van der Waals surface area (Å²) in [6.07, 6.45) is 2.83. The largest absolute Gasteiger partial charge is 0.308 e. The SMILES string of the molecule is CCc1cccc(CN(CCN(C)C)Cc2ccccn2)n1. The second-order valence-corrected chi connectivity index (χ2v) is 5.81. The molecule has 0 aliphatic rings. The van der Waals surface area contributed by atoms with Gasteiger partial charge in [-0.1, -0.05) is 19.1 Å². The summed E-state index contributed by atoms with van der Waals surface area (Å²) in [5.74, 6) is 0. The summed E-state index contributed by atoms with van der Waals surface area (Å²) >= 11 is 0. The predicted molar refractivity (Wildman–Crippen MR) is 90.5 cm³/mol. The molecule has 0 aromatic carbocycles. The first-order valence-corrected chi connectivity index (χ1v) is 7.89. The summed E-state index contributed by atoms with van der Waals surface area (Å²) in [6, 6.07) is 12.4. The summed E-state index contributed by atoms with van der Waals surface area (Å²) in [6.45, 7) is 5.89. The fourth-order valence-electron chi connectivity index (χ4n) is 2.32. The molecule has 0 radical (unpaired) electrons. The fraction of sp³-hybridized carbons (Fsp3) is 0.444. The molecule has 0 atom stereocenters. The molecular formula is C18H26N4. The molecule has 0 fully saturated rings. The van der Waals surface area contributed by atoms with Crippen LogP contribution >= 0.6 is 0 Å². The molecule has 0 unspecified atom stereocenters. The van der Waals surface area contributed by atoms with Gasteiger partial charge in [0.15, 0.2) is 0 Å². The van der Waals surface area contributed by atoms with E-state index in [1.165, 1.54) is 0 Å². The van der Waals surface area contributed by atoms with Crippen LogP contribution in [0.25, 0.3) is 0 Å². The van der Waals surface area contributed by atoms with Gasteiger partial charge in [0, 0.05) is 38.1 Å². The molecule has 0 saturated heterocycles. The third-order valence-corrected chi connectivity index (χ3v) is 3.59. The van der Waals surface area contributed by atoms with Crippen LogP contribution in [0.5, 0.6) is 0 Å². The maximum Gasteiger partial charge on any atom is 0.0547 e. The minimum absolute atomic E-state index is 0.854. The Morgan fingerprint density at radius 1 is 0.864 bits per heavy atom. The molecule has 2 aromatic heterocycles. The third kappa shape index (κ3) is 5.54. The van der Waals surface area contributed by atoms with Crippen LogP contribution in [0.4, 0.5) is 0 Å². The molecule has 4 nitrogen and oxygen atoms in total. The second kappa shape index (κ2) is 8.61. The van der Waals surface area contributed by atoms with Crippen molar-refractivity contribution in [2.45, 2.75) is 26.4 Å². The number of hydrogen-bond donors (Lipinski definition) is 0. The van der Waals surface area contributed by atoms with Gasteiger partial charge in [-0.05, 0) is 44.8 Å². The molecule has 0 spiro atoms. The van der Waals surface area contributed by atoms with E-state index in [0.717, 1.165) is 49.7 Å². The Bertz CT molecular complexity index is 554. The van der Waals surface area contributed by atoms with Crippen molar-refractivity contribution in [1.29, 1.82) is 0 Å². The Kier molecular flexibility index (Phi) is 6.49. The van der Waals surface area contributed by atoms with Crippen LogP contribution in [-0.4, -0.2) is 47.0 Å². The molecule has 118 valence electrons. The van der Waals surface area contributed by atoms with Gasteiger partial charge in [0.05, 0.1) is 11.4 Å². The van der Waals surface area contributed by atoms with Gasteiger partial charge in [-0.2, -0.15) is 0 Å². The van der Waals surface area contributed by atoms with E-state index < -0.39 is 0 Å². The van der Waals surface area contributed by atoms with Crippen molar-refractivity contribution in [3.05, 3.63) is 59.7 Å². The summed E-state index contributed by atoms with van der Waals surface area (Å²) in [7, 11) is 4.21. The number of rotatable bonds is 8. The Labute approximate surface area is 133 Å². The monoisotopic (exact) mass is 298 g/mol. The fourth-order valence-corrected chi connectivity index (χ4v) is 2.32. The van der Waals surface area contributed by atoms with Crippen LogP contribution in [0.3, 0.4) is 0 Å². The number of aromatic nitrogens is 2. The van der Waals surface area contributed by atoms with E-state index in [2.05, 4.69) is 60.1 Å². The van der Waals surface area contributed by atoms with E-state index in [1.807, 2.05) is 18.3 Å². The zero-order valence-corrected chi connectivity index (χ0v) is 13.9. The summed E-state index contributed by atoms with van der Waals surface area (Å²) in [4.78, 5) is 13.8. The smallest absolute Gasteiger partial charge is 0.0547 e. The predicted octanol–water partition coefficient (Wildman–Crippen LogP) is 2.60. The zero-order valence-electron chi connectivity index (χ0n) is 13.9. The Morgan fingerprint density at radius 2 is 1.59 bits per heavy atom. The summed E-state index contributed by atoms with van der Waals surface area (Å²) in [5.41, 5.74) is 3.39. The van der Waals surface area contributed by atoms with E-state index in [4.69, 9.17) is 4.98 Å². The zero-order chi connectivity index (χ0) is 15.8. The average molecular weight is 298 g/mol. The summed E-state index contributed by atoms with van der Waals surface area (Å²) < 4.78 is 0. The molecule has 2 aromatic rings. The van der Waals surface area contributed by atoms with E-state index in [0.29, 0.717) is 0 Å². The van der Waals surface area contributed by atoms with Crippen LogP contribution in [0, 0.1) is 0 Å². The van der Waals surface area contributed by atoms with Gasteiger partial charge >= 0.3 is 0 Å². The minimum atomic E-state index is 0.854. The lowest BCUT2D eigenvalue weighted by molar-refractivity contribution is 0.221. The quantitative estimate of drug-likeness (QED) is 0.750. The molecule has 0 bridgehead atoms. The molecule has 0 saturated carbocycles. The van der Waals surface area contributed by atoms with Gasteiger partial charge in [0.1, 0.15) is 0 Å². The van der Waals surface area contributed by atoms with E-state index in [-0.39, 0.29) is 0 Å². The highest BCUT2D eigenvalue weighted by Gasteiger charge is 2.09. The van der Waals surface area contributed by atoms with Crippen LogP contribution < -0.4 is 0 Å². The first-order valence-electron chi connectivity index (χ1n) is 7.89. The maximum atomic E-state index is 4.72. The van der Waals surface area contributed by atoms with E-state index in [9.17, 15) is 0 Å². The van der Waals surface area contributed by atoms with E-state index >= 15 is 0 Å². The van der Waals surface area contributed by atoms with Gasteiger partial charge in [0.2, 0.25) is 0 Å². The van der Waals surface area contributed by atoms with Crippen molar-refractivity contribution >= 4 is 0 Å². The molecule has 0 amide bonds. The molecule has 0 aliphatic carbocycles. The molecular weight excluding hydrogens is 272 g/mol. The average Bonchev–Trinajstić information content (AvgIpc) is 2.54. The van der Waals surface area contributed by atoms with Crippen molar-refractivity contribution in [2.24, 2.45) is 0 Å². The number of nitrogens with zero attached hydrogens (tertiary/aromatic N) is 4. The van der Waals surface area contributed by atoms with E-state index in [1.54, 1.807) is 0 Å². The molecule has 0 aliphatic heterocycles. The molecule has 2 rings (SSSR count). The van der Waals surface area contributed by atoms with Crippen LogP contribution in [0.1, 0.15) is 24.0 Å². The Balaban J connectivity index is 2.05. The van der Waals surface area contributed by atoms with Gasteiger partial charge in [-0.3, -0.25) is 14.9 Å². The highest BCUT2D eigenvalue weighted by molar-refractivity contribution is 5.11. The standard InChI is InChI=1S/C18H26N4/c1-4-16-9-7-10-18(20-16)15-22(13-12-21(2)3)14-17-8-5-6-11-19-17/h5-11H,4,12-15H2,1-3H3. The highest BCUT2D eigenvalue weighted by atomic mass is 15.2. The van der Waals surface area contributed by atoms with Crippen LogP contribution in [-0.2, 0) is 19.5 Å². The molecule has 0 N–H and O–H groups in total. The third-order valence-electron chi connectivity index (χ3n) is 3.59. The lowest BCUT2D eigenvalue weighted by Crippen LogP contribution is -2.31. The lowest BCUT2D eigenvalue weighted by atomic mass is 10.2. The van der Waals surface area contributed by atoms with Gasteiger partial charge in [-0.25, -0.2) is 0 Å². The number of likely N-dealkylation sites (N-methyl/N-ethyl adjacent to an activating group) is 1. The molecule has 4 heteroatoms. The van der Waals surface area contributed by atoms with Crippen molar-refractivity contribution in [3.8, 4) is 0 Å². The first kappa shape index (κ1) is 16.6.